The highest BCUT2D eigenvalue weighted by Gasteiger charge is 2.14. The molecule has 0 aliphatic rings. The molecule has 24 heavy (non-hydrogen) atoms. The van der Waals surface area contributed by atoms with Crippen molar-refractivity contribution in [2.45, 2.75) is 0 Å². The molecule has 0 amide bonds. The van der Waals surface area contributed by atoms with Crippen molar-refractivity contribution < 1.29 is 0 Å². The summed E-state index contributed by atoms with van der Waals surface area (Å²) >= 11 is 0. The Kier molecular flexibility index (Phi) is 3.31. The fourth-order valence-corrected chi connectivity index (χ4v) is 2.68. The summed E-state index contributed by atoms with van der Waals surface area (Å²) < 4.78 is 1.58. The minimum absolute atomic E-state index is 0.125. The first-order chi connectivity index (χ1) is 11.7. The van der Waals surface area contributed by atoms with Crippen molar-refractivity contribution in [2.75, 3.05) is 5.73 Å². The first-order valence-electron chi connectivity index (χ1n) is 7.52. The fraction of sp³-hybridized carbons (Fsp3) is 0. The molecule has 2 aromatic heterocycles. The van der Waals surface area contributed by atoms with Gasteiger partial charge < -0.3 is 5.73 Å². The van der Waals surface area contributed by atoms with Crippen molar-refractivity contribution in [1.82, 2.24) is 14.5 Å². The lowest BCUT2D eigenvalue weighted by Gasteiger charge is -2.13. The van der Waals surface area contributed by atoms with Gasteiger partial charge in [-0.1, -0.05) is 12.1 Å². The van der Waals surface area contributed by atoms with Crippen LogP contribution in [0, 0.1) is 0 Å². The molecule has 0 spiro atoms. The zero-order valence-electron chi connectivity index (χ0n) is 12.8. The van der Waals surface area contributed by atoms with Crippen molar-refractivity contribution in [3.05, 3.63) is 83.4 Å². The smallest absolute Gasteiger partial charge is 0.266 e. The van der Waals surface area contributed by atoms with Gasteiger partial charge in [0.25, 0.3) is 5.56 Å². The van der Waals surface area contributed by atoms with Gasteiger partial charge in [-0.3, -0.25) is 14.3 Å². The van der Waals surface area contributed by atoms with E-state index in [2.05, 4.69) is 4.98 Å². The molecule has 0 saturated carbocycles. The summed E-state index contributed by atoms with van der Waals surface area (Å²) in [6.45, 7) is 0. The van der Waals surface area contributed by atoms with Crippen LogP contribution in [0.15, 0.2) is 77.9 Å². The molecule has 0 aliphatic heterocycles. The third-order valence-corrected chi connectivity index (χ3v) is 3.85. The molecule has 0 aliphatic carbocycles. The molecule has 2 heterocycles. The number of nitrogens with zero attached hydrogens (tertiary/aromatic N) is 3. The Hall–Kier alpha value is -3.47. The Labute approximate surface area is 138 Å². The summed E-state index contributed by atoms with van der Waals surface area (Å²) in [6, 6.07) is 18.3. The van der Waals surface area contributed by atoms with E-state index in [4.69, 9.17) is 10.7 Å². The van der Waals surface area contributed by atoms with E-state index in [-0.39, 0.29) is 5.56 Å². The zero-order valence-corrected chi connectivity index (χ0v) is 12.8. The quantitative estimate of drug-likeness (QED) is 0.577. The Morgan fingerprint density at radius 1 is 0.917 bits per heavy atom. The molecule has 2 aromatic carbocycles. The molecular formula is C19H14N4O. The predicted octanol–water partition coefficient (Wildman–Crippen LogP) is 3.03. The van der Waals surface area contributed by atoms with Crippen molar-refractivity contribution in [2.24, 2.45) is 0 Å². The summed E-state index contributed by atoms with van der Waals surface area (Å²) in [6.07, 6.45) is 3.32. The Bertz CT molecular complexity index is 1070. The van der Waals surface area contributed by atoms with Crippen molar-refractivity contribution >= 4 is 16.6 Å². The second-order valence-electron chi connectivity index (χ2n) is 5.43. The highest BCUT2D eigenvalue weighted by molar-refractivity contribution is 5.80. The molecule has 0 saturated heterocycles. The highest BCUT2D eigenvalue weighted by atomic mass is 16.1. The minimum atomic E-state index is -0.125. The van der Waals surface area contributed by atoms with E-state index in [0.29, 0.717) is 28.1 Å². The maximum absolute atomic E-state index is 13.1. The van der Waals surface area contributed by atoms with E-state index < -0.39 is 0 Å². The van der Waals surface area contributed by atoms with Crippen LogP contribution >= 0.6 is 0 Å². The number of nitrogens with two attached hydrogens (primary N) is 1. The van der Waals surface area contributed by atoms with Crippen LogP contribution in [-0.4, -0.2) is 14.5 Å². The molecule has 0 bridgehead atoms. The second kappa shape index (κ2) is 5.62. The molecule has 5 nitrogen and oxygen atoms in total. The van der Waals surface area contributed by atoms with Gasteiger partial charge in [-0.25, -0.2) is 4.98 Å². The maximum Gasteiger partial charge on any atom is 0.266 e. The van der Waals surface area contributed by atoms with Crippen LogP contribution in [0.3, 0.4) is 0 Å². The molecule has 116 valence electrons. The number of hydrogen-bond acceptors (Lipinski definition) is 4. The lowest BCUT2D eigenvalue weighted by molar-refractivity contribution is 0.966. The van der Waals surface area contributed by atoms with E-state index in [9.17, 15) is 4.79 Å². The summed E-state index contributed by atoms with van der Waals surface area (Å²) in [5.74, 6) is 0.562. The molecule has 4 rings (SSSR count). The average molecular weight is 314 g/mol. The van der Waals surface area contributed by atoms with Crippen LogP contribution in [0.2, 0.25) is 0 Å². The Balaban J connectivity index is 2.11. The van der Waals surface area contributed by atoms with Crippen LogP contribution in [-0.2, 0) is 0 Å². The number of fused-ring (bicyclic) bond motifs is 1. The average Bonchev–Trinajstić information content (AvgIpc) is 2.63. The van der Waals surface area contributed by atoms with Crippen LogP contribution < -0.4 is 11.3 Å². The predicted molar refractivity (Wildman–Crippen MR) is 95.0 cm³/mol. The number of nitrogen functional groups attached to an aromatic ring is 1. The van der Waals surface area contributed by atoms with Crippen LogP contribution in [0.1, 0.15) is 0 Å². The number of para-hydroxylation sites is 1. The zero-order chi connectivity index (χ0) is 16.5. The molecular weight excluding hydrogens is 300 g/mol. The summed E-state index contributed by atoms with van der Waals surface area (Å²) in [4.78, 5) is 21.9. The van der Waals surface area contributed by atoms with Crippen LogP contribution in [0.4, 0.5) is 5.69 Å². The van der Waals surface area contributed by atoms with Gasteiger partial charge in [0.1, 0.15) is 5.82 Å². The Morgan fingerprint density at radius 2 is 1.71 bits per heavy atom. The SMILES string of the molecule is Nc1ccc(-c2nc3ccccc3c(=O)n2-c2cccnc2)cc1. The standard InChI is InChI=1S/C19H14N4O/c20-14-9-7-13(8-10-14)18-22-17-6-2-1-5-16(17)19(24)23(18)15-4-3-11-21-12-15/h1-12H,20H2. The summed E-state index contributed by atoms with van der Waals surface area (Å²) in [5.41, 5.74) is 8.46. The fourth-order valence-electron chi connectivity index (χ4n) is 2.68. The number of anilines is 1. The van der Waals surface area contributed by atoms with E-state index in [1.54, 1.807) is 41.2 Å². The van der Waals surface area contributed by atoms with Gasteiger partial charge in [0.05, 0.1) is 22.8 Å². The molecule has 5 heteroatoms. The Morgan fingerprint density at radius 3 is 2.46 bits per heavy atom. The maximum atomic E-state index is 13.1. The highest BCUT2D eigenvalue weighted by Crippen LogP contribution is 2.22. The van der Waals surface area contributed by atoms with Gasteiger partial charge in [-0.2, -0.15) is 0 Å². The van der Waals surface area contributed by atoms with Crippen LogP contribution in [0.5, 0.6) is 0 Å². The topological polar surface area (TPSA) is 73.8 Å². The number of aromatic nitrogens is 3. The monoisotopic (exact) mass is 314 g/mol. The van der Waals surface area contributed by atoms with Gasteiger partial charge in [-0.05, 0) is 48.5 Å². The van der Waals surface area contributed by atoms with Crippen molar-refractivity contribution in [3.63, 3.8) is 0 Å². The van der Waals surface area contributed by atoms with Gasteiger partial charge in [0.2, 0.25) is 0 Å². The lowest BCUT2D eigenvalue weighted by Crippen LogP contribution is -2.22. The molecule has 0 unspecified atom stereocenters. The van der Waals surface area contributed by atoms with Gasteiger partial charge >= 0.3 is 0 Å². The second-order valence-corrected chi connectivity index (χ2v) is 5.43. The first-order valence-corrected chi connectivity index (χ1v) is 7.52. The number of hydrogen-bond donors (Lipinski definition) is 1. The van der Waals surface area contributed by atoms with E-state index in [1.807, 2.05) is 36.4 Å². The molecule has 0 radical (unpaired) electrons. The number of pyridine rings is 1. The first kappa shape index (κ1) is 14.1. The molecule has 0 fully saturated rings. The molecule has 2 N–H and O–H groups in total. The van der Waals surface area contributed by atoms with E-state index in [1.165, 1.54) is 0 Å². The van der Waals surface area contributed by atoms with Crippen LogP contribution in [0.25, 0.3) is 28.0 Å². The van der Waals surface area contributed by atoms with Gasteiger partial charge in [0.15, 0.2) is 0 Å². The van der Waals surface area contributed by atoms with Gasteiger partial charge in [-0.15, -0.1) is 0 Å². The molecule has 0 atom stereocenters. The van der Waals surface area contributed by atoms with Gasteiger partial charge in [0, 0.05) is 17.4 Å². The summed E-state index contributed by atoms with van der Waals surface area (Å²) in [5, 5.41) is 0.570. The number of benzene rings is 2. The summed E-state index contributed by atoms with van der Waals surface area (Å²) in [7, 11) is 0. The lowest BCUT2D eigenvalue weighted by atomic mass is 10.1. The third-order valence-electron chi connectivity index (χ3n) is 3.85. The largest absolute Gasteiger partial charge is 0.399 e. The van der Waals surface area contributed by atoms with E-state index in [0.717, 1.165) is 5.56 Å². The van der Waals surface area contributed by atoms with Crippen molar-refractivity contribution in [1.29, 1.82) is 0 Å². The van der Waals surface area contributed by atoms with E-state index >= 15 is 0 Å². The minimum Gasteiger partial charge on any atom is -0.399 e. The molecule has 4 aromatic rings. The number of rotatable bonds is 2. The van der Waals surface area contributed by atoms with Crippen molar-refractivity contribution in [3.8, 4) is 17.1 Å². The third kappa shape index (κ3) is 2.32. The normalized spacial score (nSPS) is 10.8.